The normalized spacial score (nSPS) is 11.7. The summed E-state index contributed by atoms with van der Waals surface area (Å²) in [5.74, 6) is -1.78. The van der Waals surface area contributed by atoms with Gasteiger partial charge in [-0.1, -0.05) is 6.07 Å². The Balaban J connectivity index is 1.89. The summed E-state index contributed by atoms with van der Waals surface area (Å²) in [6.45, 7) is -0.212. The molecule has 0 bridgehead atoms. The molecule has 14 heteroatoms. The van der Waals surface area contributed by atoms with E-state index in [4.69, 9.17) is 5.11 Å². The number of pyridine rings is 1. The Morgan fingerprint density at radius 2 is 1.82 bits per heavy atom. The zero-order valence-electron chi connectivity index (χ0n) is 17.8. The van der Waals surface area contributed by atoms with Crippen molar-refractivity contribution in [3.8, 4) is 0 Å². The Labute approximate surface area is 192 Å². The van der Waals surface area contributed by atoms with Crippen LogP contribution in [0.1, 0.15) is 21.5 Å². The van der Waals surface area contributed by atoms with Gasteiger partial charge in [-0.2, -0.15) is 18.2 Å². The third-order valence-electron chi connectivity index (χ3n) is 4.59. The molecule has 0 aliphatic heterocycles. The van der Waals surface area contributed by atoms with Crippen molar-refractivity contribution in [2.75, 3.05) is 28.2 Å². The van der Waals surface area contributed by atoms with Crippen LogP contribution in [0.3, 0.4) is 0 Å². The van der Waals surface area contributed by atoms with E-state index >= 15 is 0 Å². The number of benzene rings is 1. The predicted molar refractivity (Wildman–Crippen MR) is 119 cm³/mol. The molecule has 2 heterocycles. The van der Waals surface area contributed by atoms with Gasteiger partial charge >= 0.3 is 12.1 Å². The lowest BCUT2D eigenvalue weighted by Gasteiger charge is -2.20. The van der Waals surface area contributed by atoms with E-state index < -0.39 is 33.6 Å². The van der Waals surface area contributed by atoms with Gasteiger partial charge in [-0.3, -0.25) is 4.31 Å². The van der Waals surface area contributed by atoms with Crippen molar-refractivity contribution in [3.05, 3.63) is 65.5 Å². The molecule has 0 atom stereocenters. The van der Waals surface area contributed by atoms with Crippen molar-refractivity contribution in [2.24, 2.45) is 0 Å². The molecule has 0 radical (unpaired) electrons. The Kier molecular flexibility index (Phi) is 6.91. The zero-order chi connectivity index (χ0) is 25.1. The minimum absolute atomic E-state index is 0.0348. The molecule has 0 saturated carbocycles. The van der Waals surface area contributed by atoms with E-state index in [1.165, 1.54) is 49.6 Å². The highest BCUT2D eigenvalue weighted by Crippen LogP contribution is 2.34. The van der Waals surface area contributed by atoms with Gasteiger partial charge < -0.3 is 15.7 Å². The number of sulfonamides is 1. The molecule has 0 saturated heterocycles. The molecule has 0 amide bonds. The number of carboxylic acids is 1. The molecule has 2 aromatic heterocycles. The van der Waals surface area contributed by atoms with Gasteiger partial charge in [0.1, 0.15) is 17.2 Å². The van der Waals surface area contributed by atoms with E-state index in [1.807, 2.05) is 0 Å². The number of aromatic carboxylic acids is 1. The number of halogens is 3. The summed E-state index contributed by atoms with van der Waals surface area (Å²) in [4.78, 5) is 22.6. The van der Waals surface area contributed by atoms with Gasteiger partial charge in [-0.15, -0.1) is 0 Å². The molecule has 34 heavy (non-hydrogen) atoms. The fourth-order valence-electron chi connectivity index (χ4n) is 2.80. The summed E-state index contributed by atoms with van der Waals surface area (Å²) >= 11 is 0. The lowest BCUT2D eigenvalue weighted by Crippen LogP contribution is -2.27. The van der Waals surface area contributed by atoms with Crippen LogP contribution in [0.2, 0.25) is 0 Å². The molecule has 0 aliphatic rings. The smallest absolute Gasteiger partial charge is 0.421 e. The SMILES string of the molecule is CN(c1ncccc1CNc1nc(Nc2ccc(C(=O)O)cc2)ncc1C(F)(F)F)S(C)(=O)=O. The molecule has 0 unspecified atom stereocenters. The lowest BCUT2D eigenvalue weighted by atomic mass is 10.2. The number of carboxylic acid groups (broad SMARTS) is 1. The van der Waals surface area contributed by atoms with E-state index in [0.29, 0.717) is 17.4 Å². The maximum atomic E-state index is 13.5. The zero-order valence-corrected chi connectivity index (χ0v) is 18.6. The monoisotopic (exact) mass is 496 g/mol. The van der Waals surface area contributed by atoms with Gasteiger partial charge in [0.2, 0.25) is 16.0 Å². The first-order chi connectivity index (χ1) is 15.9. The van der Waals surface area contributed by atoms with E-state index in [-0.39, 0.29) is 23.9 Å². The first-order valence-electron chi connectivity index (χ1n) is 9.52. The van der Waals surface area contributed by atoms with Crippen LogP contribution in [0.5, 0.6) is 0 Å². The number of anilines is 4. The van der Waals surface area contributed by atoms with Crippen molar-refractivity contribution in [2.45, 2.75) is 12.7 Å². The number of alkyl halides is 3. The van der Waals surface area contributed by atoms with Crippen molar-refractivity contribution in [1.82, 2.24) is 15.0 Å². The van der Waals surface area contributed by atoms with Crippen LogP contribution in [-0.4, -0.2) is 47.7 Å². The fourth-order valence-corrected chi connectivity index (χ4v) is 3.28. The number of hydrogen-bond acceptors (Lipinski definition) is 8. The summed E-state index contributed by atoms with van der Waals surface area (Å²) in [5.41, 5.74) is -0.408. The van der Waals surface area contributed by atoms with Crippen LogP contribution in [0.25, 0.3) is 0 Å². The van der Waals surface area contributed by atoms with Crippen molar-refractivity contribution in [1.29, 1.82) is 0 Å². The summed E-state index contributed by atoms with van der Waals surface area (Å²) < 4.78 is 65.2. The van der Waals surface area contributed by atoms with Crippen LogP contribution in [-0.2, 0) is 22.7 Å². The summed E-state index contributed by atoms with van der Waals surface area (Å²) in [6, 6.07) is 8.51. The van der Waals surface area contributed by atoms with E-state index in [0.717, 1.165) is 10.6 Å². The van der Waals surface area contributed by atoms with Crippen molar-refractivity contribution >= 4 is 39.3 Å². The molecule has 3 aromatic rings. The largest absolute Gasteiger partial charge is 0.478 e. The van der Waals surface area contributed by atoms with Gasteiger partial charge in [0.25, 0.3) is 0 Å². The maximum absolute atomic E-state index is 13.5. The van der Waals surface area contributed by atoms with E-state index in [1.54, 1.807) is 0 Å². The summed E-state index contributed by atoms with van der Waals surface area (Å²) in [6.07, 6.45) is -1.81. The second kappa shape index (κ2) is 9.51. The van der Waals surface area contributed by atoms with Crippen molar-refractivity contribution in [3.63, 3.8) is 0 Å². The van der Waals surface area contributed by atoms with Crippen LogP contribution in [0.15, 0.2) is 48.8 Å². The lowest BCUT2D eigenvalue weighted by molar-refractivity contribution is -0.137. The first kappa shape index (κ1) is 24.7. The third kappa shape index (κ3) is 5.89. The Bertz CT molecular complexity index is 1300. The second-order valence-corrected chi connectivity index (χ2v) is 9.05. The molecule has 3 N–H and O–H groups in total. The number of hydrogen-bond donors (Lipinski definition) is 3. The highest BCUT2D eigenvalue weighted by Gasteiger charge is 2.35. The quantitative estimate of drug-likeness (QED) is 0.429. The summed E-state index contributed by atoms with van der Waals surface area (Å²) in [7, 11) is -2.37. The Morgan fingerprint density at radius 3 is 2.41 bits per heavy atom. The average Bonchev–Trinajstić information content (AvgIpc) is 2.76. The minimum Gasteiger partial charge on any atom is -0.478 e. The molecular weight excluding hydrogens is 477 g/mol. The second-order valence-electron chi connectivity index (χ2n) is 7.03. The topological polar surface area (TPSA) is 137 Å². The molecule has 10 nitrogen and oxygen atoms in total. The standard InChI is InChI=1S/C20H19F3N6O4S/c1-29(34(2,32)33)17-13(4-3-9-24-17)10-25-16-15(20(21,22)23)11-26-19(28-16)27-14-7-5-12(6-8-14)18(30)31/h3-9,11H,10H2,1-2H3,(H,30,31)(H2,25,26,27,28). The number of carbonyl (C=O) groups is 1. The molecule has 0 fully saturated rings. The molecular formula is C20H19F3N6O4S. The highest BCUT2D eigenvalue weighted by molar-refractivity contribution is 7.92. The molecule has 3 rings (SSSR count). The van der Waals surface area contributed by atoms with Gasteiger partial charge in [0, 0.05) is 37.2 Å². The van der Waals surface area contributed by atoms with Crippen LogP contribution in [0.4, 0.5) is 36.4 Å². The Morgan fingerprint density at radius 1 is 1.15 bits per heavy atom. The predicted octanol–water partition coefficient (Wildman–Crippen LogP) is 3.34. The Hall–Kier alpha value is -3.94. The van der Waals surface area contributed by atoms with Crippen LogP contribution in [0, 0.1) is 0 Å². The van der Waals surface area contributed by atoms with Gasteiger partial charge in [0.15, 0.2) is 0 Å². The number of rotatable bonds is 8. The van der Waals surface area contributed by atoms with Crippen LogP contribution >= 0.6 is 0 Å². The average molecular weight is 496 g/mol. The minimum atomic E-state index is -4.76. The summed E-state index contributed by atoms with van der Waals surface area (Å²) in [5, 5.41) is 14.3. The van der Waals surface area contributed by atoms with Gasteiger partial charge in [-0.25, -0.2) is 23.2 Å². The maximum Gasteiger partial charge on any atom is 0.421 e. The number of nitrogens with zero attached hydrogens (tertiary/aromatic N) is 4. The highest BCUT2D eigenvalue weighted by atomic mass is 32.2. The number of aromatic nitrogens is 3. The third-order valence-corrected chi connectivity index (χ3v) is 5.76. The van der Waals surface area contributed by atoms with E-state index in [9.17, 15) is 26.4 Å². The number of nitrogens with one attached hydrogen (secondary N) is 2. The van der Waals surface area contributed by atoms with E-state index in [2.05, 4.69) is 25.6 Å². The fraction of sp³-hybridized carbons (Fsp3) is 0.200. The van der Waals surface area contributed by atoms with Gasteiger partial charge in [0.05, 0.1) is 11.8 Å². The van der Waals surface area contributed by atoms with Crippen molar-refractivity contribution < 1.29 is 31.5 Å². The molecule has 1 aromatic carbocycles. The van der Waals surface area contributed by atoms with Gasteiger partial charge in [-0.05, 0) is 30.3 Å². The molecule has 0 aliphatic carbocycles. The molecule has 0 spiro atoms. The molecule has 180 valence electrons. The first-order valence-corrected chi connectivity index (χ1v) is 11.4. The van der Waals surface area contributed by atoms with Crippen LogP contribution < -0.4 is 14.9 Å².